The highest BCUT2D eigenvalue weighted by atomic mass is 16.5. The first kappa shape index (κ1) is 28.3. The molecule has 4 aromatic rings. The van der Waals surface area contributed by atoms with E-state index in [-0.39, 0.29) is 29.9 Å². The van der Waals surface area contributed by atoms with E-state index in [0.717, 1.165) is 33.7 Å². The standard InChI is InChI=1S/C36H37N3O5/c1-19(2)29-34-39-30(22-10-6-5-7-11-22)32(44-34)36-24-12-8-9-13-26(24)37-35(36)43-28-15-14-21(17-25(28)36)16-23(33(42)38-29)18-27(40)31(41)20(3)4/h5-15,17,19-20,23,29,31,35,37,41H,16,18H2,1-4H3,(H,38,42)/t23?,29-,31-,35?,36-/m0/s1. The van der Waals surface area contributed by atoms with Gasteiger partial charge in [0.2, 0.25) is 11.8 Å². The third kappa shape index (κ3) is 4.34. The lowest BCUT2D eigenvalue weighted by atomic mass is 9.72. The molecule has 1 aromatic heterocycles. The van der Waals surface area contributed by atoms with E-state index in [2.05, 4.69) is 22.8 Å². The summed E-state index contributed by atoms with van der Waals surface area (Å²) in [7, 11) is 0. The minimum atomic E-state index is -1.13. The number of benzene rings is 3. The minimum absolute atomic E-state index is 0.0647. The SMILES string of the molecule is CC(C)[C@H](O)C(=O)CC1Cc2ccc3c(c2)[C@@]2(c4ccccc4NC2O3)c2oc(nc2-c2ccccc2)[C@H](C(C)C)NC1=O. The molecule has 2 unspecified atom stereocenters. The maximum Gasteiger partial charge on any atom is 0.224 e. The van der Waals surface area contributed by atoms with Gasteiger partial charge in [0, 0.05) is 29.2 Å². The number of fused-ring (bicyclic) bond motifs is 4. The molecule has 0 saturated carbocycles. The number of anilines is 1. The molecule has 8 heteroatoms. The zero-order valence-corrected chi connectivity index (χ0v) is 25.3. The summed E-state index contributed by atoms with van der Waals surface area (Å²) in [6.45, 7) is 7.62. The number of aliphatic hydroxyl groups excluding tert-OH is 1. The van der Waals surface area contributed by atoms with Crippen molar-refractivity contribution in [3.05, 3.63) is 101 Å². The van der Waals surface area contributed by atoms with Crippen LogP contribution in [0, 0.1) is 17.8 Å². The normalized spacial score (nSPS) is 24.0. The number of aromatic nitrogens is 1. The van der Waals surface area contributed by atoms with Crippen molar-refractivity contribution in [2.24, 2.45) is 17.8 Å². The number of ketones is 1. The molecule has 0 saturated heterocycles. The number of nitrogens with one attached hydrogen (secondary N) is 2. The molecule has 3 aliphatic rings. The summed E-state index contributed by atoms with van der Waals surface area (Å²) < 4.78 is 13.5. The maximum atomic E-state index is 14.0. The van der Waals surface area contributed by atoms with Crippen molar-refractivity contribution in [3.8, 4) is 17.0 Å². The number of hydrogen-bond donors (Lipinski definition) is 3. The molecule has 0 aliphatic carbocycles. The topological polar surface area (TPSA) is 114 Å². The Balaban J connectivity index is 1.48. The Morgan fingerprint density at radius 1 is 1.00 bits per heavy atom. The van der Waals surface area contributed by atoms with Crippen molar-refractivity contribution >= 4 is 17.4 Å². The number of aliphatic hydroxyl groups is 1. The van der Waals surface area contributed by atoms with Gasteiger partial charge >= 0.3 is 0 Å². The molecule has 8 nitrogen and oxygen atoms in total. The fraction of sp³-hybridized carbons (Fsp3) is 0.361. The van der Waals surface area contributed by atoms with Crippen LogP contribution in [0.15, 0.2) is 77.2 Å². The van der Waals surface area contributed by atoms with Gasteiger partial charge in [0.25, 0.3) is 0 Å². The Kier molecular flexibility index (Phi) is 6.85. The predicted molar refractivity (Wildman–Crippen MR) is 166 cm³/mol. The smallest absolute Gasteiger partial charge is 0.224 e. The predicted octanol–water partition coefficient (Wildman–Crippen LogP) is 5.78. The molecule has 0 fully saturated rings. The van der Waals surface area contributed by atoms with E-state index >= 15 is 0 Å². The number of para-hydroxylation sites is 1. The highest BCUT2D eigenvalue weighted by molar-refractivity contribution is 5.89. The van der Waals surface area contributed by atoms with Crippen LogP contribution in [0.4, 0.5) is 5.69 Å². The molecular formula is C36H37N3O5. The van der Waals surface area contributed by atoms with Gasteiger partial charge in [-0.25, -0.2) is 4.98 Å². The maximum absolute atomic E-state index is 14.0. The number of carbonyl (C=O) groups is 2. The molecule has 44 heavy (non-hydrogen) atoms. The summed E-state index contributed by atoms with van der Waals surface area (Å²) in [4.78, 5) is 32.2. The molecule has 1 spiro atoms. The fourth-order valence-electron chi connectivity index (χ4n) is 6.94. The van der Waals surface area contributed by atoms with Crippen molar-refractivity contribution in [2.45, 2.75) is 64.3 Å². The molecule has 3 aromatic carbocycles. The van der Waals surface area contributed by atoms with E-state index in [0.29, 0.717) is 23.8 Å². The zero-order chi connectivity index (χ0) is 30.7. The number of carbonyl (C=O) groups excluding carboxylic acids is 2. The number of nitrogens with zero attached hydrogens (tertiary/aromatic N) is 1. The number of hydrogen-bond acceptors (Lipinski definition) is 7. The van der Waals surface area contributed by atoms with Crippen LogP contribution in [0.3, 0.4) is 0 Å². The quantitative estimate of drug-likeness (QED) is 0.260. The second-order valence-corrected chi connectivity index (χ2v) is 12.9. The van der Waals surface area contributed by atoms with Gasteiger partial charge in [-0.05, 0) is 41.5 Å². The number of oxazole rings is 1. The molecule has 226 valence electrons. The summed E-state index contributed by atoms with van der Waals surface area (Å²) in [6, 6.07) is 23.6. The lowest BCUT2D eigenvalue weighted by Crippen LogP contribution is -2.41. The Bertz CT molecular complexity index is 1750. The van der Waals surface area contributed by atoms with Gasteiger partial charge in [-0.2, -0.15) is 0 Å². The first-order chi connectivity index (χ1) is 21.2. The third-order valence-corrected chi connectivity index (χ3v) is 9.29. The summed E-state index contributed by atoms with van der Waals surface area (Å²) in [5.41, 5.74) is 4.53. The summed E-state index contributed by atoms with van der Waals surface area (Å²) in [5, 5.41) is 17.3. The van der Waals surface area contributed by atoms with Gasteiger partial charge in [0.15, 0.2) is 17.8 Å². The summed E-state index contributed by atoms with van der Waals surface area (Å²) in [6.07, 6.45) is -1.37. The summed E-state index contributed by atoms with van der Waals surface area (Å²) in [5.74, 6) is 0.168. The van der Waals surface area contributed by atoms with Gasteiger partial charge < -0.3 is 24.9 Å². The van der Waals surface area contributed by atoms with Crippen LogP contribution in [0.2, 0.25) is 0 Å². The monoisotopic (exact) mass is 591 g/mol. The number of ether oxygens (including phenoxy) is 1. The number of rotatable bonds is 6. The van der Waals surface area contributed by atoms with E-state index in [1.54, 1.807) is 13.8 Å². The first-order valence-electron chi connectivity index (χ1n) is 15.4. The van der Waals surface area contributed by atoms with Crippen molar-refractivity contribution in [2.75, 3.05) is 5.32 Å². The van der Waals surface area contributed by atoms with E-state index in [1.165, 1.54) is 0 Å². The Morgan fingerprint density at radius 3 is 2.50 bits per heavy atom. The van der Waals surface area contributed by atoms with Gasteiger partial charge in [0.1, 0.15) is 29.0 Å². The lowest BCUT2D eigenvalue weighted by molar-refractivity contribution is -0.135. The van der Waals surface area contributed by atoms with E-state index in [9.17, 15) is 14.7 Å². The van der Waals surface area contributed by atoms with Crippen LogP contribution in [-0.2, 0) is 21.4 Å². The van der Waals surface area contributed by atoms with Crippen LogP contribution in [0.25, 0.3) is 11.3 Å². The zero-order valence-electron chi connectivity index (χ0n) is 25.3. The largest absolute Gasteiger partial charge is 0.469 e. The van der Waals surface area contributed by atoms with Crippen molar-refractivity contribution in [3.63, 3.8) is 0 Å². The third-order valence-electron chi connectivity index (χ3n) is 9.29. The molecule has 5 atom stereocenters. The van der Waals surface area contributed by atoms with Gasteiger partial charge in [-0.3, -0.25) is 9.59 Å². The second kappa shape index (κ2) is 10.6. The Morgan fingerprint density at radius 2 is 1.75 bits per heavy atom. The molecule has 3 aliphatic heterocycles. The van der Waals surface area contributed by atoms with Crippen LogP contribution in [0.1, 0.15) is 68.5 Å². The van der Waals surface area contributed by atoms with Gasteiger partial charge in [0.05, 0.1) is 0 Å². The van der Waals surface area contributed by atoms with Crippen LogP contribution < -0.4 is 15.4 Å². The van der Waals surface area contributed by atoms with Crippen LogP contribution in [0.5, 0.6) is 5.75 Å². The number of amides is 1. The molecule has 3 N–H and O–H groups in total. The average molecular weight is 592 g/mol. The number of Topliss-reactive ketones (excluding diaryl/α,β-unsaturated/α-hetero) is 1. The molecular weight excluding hydrogens is 554 g/mol. The van der Waals surface area contributed by atoms with E-state index in [1.807, 2.05) is 74.5 Å². The molecule has 1 amide bonds. The van der Waals surface area contributed by atoms with E-state index in [4.69, 9.17) is 14.1 Å². The average Bonchev–Trinajstić information content (AvgIpc) is 3.68. The van der Waals surface area contributed by atoms with Crippen LogP contribution >= 0.6 is 0 Å². The highest BCUT2D eigenvalue weighted by Crippen LogP contribution is 2.59. The Hall–Kier alpha value is -4.43. The Labute approximate surface area is 256 Å². The second-order valence-electron chi connectivity index (χ2n) is 12.9. The van der Waals surface area contributed by atoms with Gasteiger partial charge in [-0.15, -0.1) is 0 Å². The fourth-order valence-corrected chi connectivity index (χ4v) is 6.94. The summed E-state index contributed by atoms with van der Waals surface area (Å²) >= 11 is 0. The molecule has 7 rings (SSSR count). The highest BCUT2D eigenvalue weighted by Gasteiger charge is 2.60. The van der Waals surface area contributed by atoms with Crippen molar-refractivity contribution in [1.82, 2.24) is 10.3 Å². The molecule has 0 radical (unpaired) electrons. The van der Waals surface area contributed by atoms with Crippen LogP contribution in [-0.4, -0.2) is 34.1 Å². The molecule has 4 bridgehead atoms. The van der Waals surface area contributed by atoms with Gasteiger partial charge in [-0.1, -0.05) is 88.4 Å². The first-order valence-corrected chi connectivity index (χ1v) is 15.4. The lowest BCUT2D eigenvalue weighted by Gasteiger charge is -2.29. The van der Waals surface area contributed by atoms with Crippen molar-refractivity contribution in [1.29, 1.82) is 0 Å². The molecule has 4 heterocycles. The van der Waals surface area contributed by atoms with Crippen molar-refractivity contribution < 1.29 is 23.8 Å². The van der Waals surface area contributed by atoms with E-state index < -0.39 is 29.7 Å². The minimum Gasteiger partial charge on any atom is -0.469 e.